The number of halogens is 3. The Balaban J connectivity index is 1.97. The fourth-order valence-electron chi connectivity index (χ4n) is 2.44. The van der Waals surface area contributed by atoms with Gasteiger partial charge in [0, 0.05) is 0 Å². The fourth-order valence-corrected chi connectivity index (χ4v) is 2.44. The molecule has 0 radical (unpaired) electrons. The normalized spacial score (nSPS) is 12.0. The number of rotatable bonds is 4. The van der Waals surface area contributed by atoms with Gasteiger partial charge in [-0.3, -0.25) is 0 Å². The van der Waals surface area contributed by atoms with Crippen molar-refractivity contribution < 1.29 is 13.2 Å². The summed E-state index contributed by atoms with van der Waals surface area (Å²) in [7, 11) is 0. The molecule has 7 heteroatoms. The Morgan fingerprint density at radius 1 is 1.08 bits per heavy atom. The maximum absolute atomic E-state index is 12.8. The van der Waals surface area contributed by atoms with E-state index in [1.54, 1.807) is 28.9 Å². The Kier molecular flexibility index (Phi) is 4.85. The molecule has 0 atom stereocenters. The van der Waals surface area contributed by atoms with Crippen LogP contribution >= 0.6 is 0 Å². The van der Waals surface area contributed by atoms with Gasteiger partial charge in [-0.15, -0.1) is 0 Å². The van der Waals surface area contributed by atoms with Crippen LogP contribution in [-0.2, 0) is 12.7 Å². The van der Waals surface area contributed by atoms with Crippen molar-refractivity contribution in [2.24, 2.45) is 0 Å². The Morgan fingerprint density at radius 3 is 2.31 bits per heavy atom. The van der Waals surface area contributed by atoms with Crippen molar-refractivity contribution in [1.82, 2.24) is 14.8 Å². The molecule has 0 N–H and O–H groups in total. The van der Waals surface area contributed by atoms with Crippen LogP contribution in [0.3, 0.4) is 0 Å². The molecule has 0 aliphatic rings. The van der Waals surface area contributed by atoms with E-state index in [1.807, 2.05) is 12.1 Å². The Morgan fingerprint density at radius 2 is 1.77 bits per heavy atom. The average molecular weight is 354 g/mol. The summed E-state index contributed by atoms with van der Waals surface area (Å²) in [6.07, 6.45) is 0.412. The maximum atomic E-state index is 12.8. The van der Waals surface area contributed by atoms with Crippen LogP contribution in [0, 0.1) is 11.3 Å². The lowest BCUT2D eigenvalue weighted by Gasteiger charge is -2.11. The van der Waals surface area contributed by atoms with Crippen molar-refractivity contribution in [3.05, 3.63) is 83.4 Å². The zero-order valence-corrected chi connectivity index (χ0v) is 13.5. The molecule has 1 aromatic heterocycles. The van der Waals surface area contributed by atoms with Crippen LogP contribution in [0.4, 0.5) is 13.2 Å². The minimum Gasteiger partial charge on any atom is -0.249 e. The van der Waals surface area contributed by atoms with Gasteiger partial charge in [-0.25, -0.2) is 9.67 Å². The number of alkyl halides is 3. The Bertz CT molecular complexity index is 932. The summed E-state index contributed by atoms with van der Waals surface area (Å²) < 4.78 is 39.9. The van der Waals surface area contributed by atoms with Crippen LogP contribution in [0.2, 0.25) is 0 Å². The van der Waals surface area contributed by atoms with Crippen LogP contribution in [0.1, 0.15) is 22.3 Å². The highest BCUT2D eigenvalue weighted by atomic mass is 19.4. The van der Waals surface area contributed by atoms with Crippen molar-refractivity contribution >= 4 is 11.6 Å². The zero-order valence-electron chi connectivity index (χ0n) is 13.5. The molecule has 0 saturated carbocycles. The minimum atomic E-state index is -4.37. The number of hydrogen-bond acceptors (Lipinski definition) is 3. The van der Waals surface area contributed by atoms with Gasteiger partial charge in [-0.2, -0.15) is 23.5 Å². The van der Waals surface area contributed by atoms with Gasteiger partial charge >= 0.3 is 6.18 Å². The molecule has 0 fully saturated rings. The lowest BCUT2D eigenvalue weighted by molar-refractivity contribution is -0.137. The van der Waals surface area contributed by atoms with Crippen LogP contribution in [0.5, 0.6) is 0 Å². The molecule has 0 spiro atoms. The first kappa shape index (κ1) is 17.4. The molecule has 130 valence electrons. The first-order valence-electron chi connectivity index (χ1n) is 7.66. The molecular formula is C19H13F3N4. The van der Waals surface area contributed by atoms with Gasteiger partial charge < -0.3 is 0 Å². The zero-order chi connectivity index (χ0) is 18.6. The van der Waals surface area contributed by atoms with E-state index >= 15 is 0 Å². The van der Waals surface area contributed by atoms with E-state index in [2.05, 4.69) is 10.1 Å². The Labute approximate surface area is 147 Å². The largest absolute Gasteiger partial charge is 0.416 e. The molecule has 3 rings (SSSR count). The molecule has 0 amide bonds. The SMILES string of the molecule is N#Cc1ccc(C=C(Cn2cncn2)c2ccc(C(F)(F)F)cc2)cc1. The third-order valence-corrected chi connectivity index (χ3v) is 3.76. The second-order valence-corrected chi connectivity index (χ2v) is 5.57. The number of nitrogens with zero attached hydrogens (tertiary/aromatic N) is 4. The molecule has 4 nitrogen and oxygen atoms in total. The van der Waals surface area contributed by atoms with Gasteiger partial charge in [0.05, 0.1) is 23.7 Å². The highest BCUT2D eigenvalue weighted by molar-refractivity contribution is 5.81. The van der Waals surface area contributed by atoms with Crippen molar-refractivity contribution in [2.75, 3.05) is 0 Å². The average Bonchev–Trinajstić information content (AvgIpc) is 3.14. The quantitative estimate of drug-likeness (QED) is 0.652. The van der Waals surface area contributed by atoms with Gasteiger partial charge in [0.2, 0.25) is 0 Å². The van der Waals surface area contributed by atoms with E-state index < -0.39 is 11.7 Å². The predicted octanol–water partition coefficient (Wildman–Crippen LogP) is 4.41. The second kappa shape index (κ2) is 7.23. The van der Waals surface area contributed by atoms with E-state index in [-0.39, 0.29) is 0 Å². The lowest BCUT2D eigenvalue weighted by Crippen LogP contribution is -2.05. The molecule has 0 saturated heterocycles. The van der Waals surface area contributed by atoms with E-state index in [1.165, 1.54) is 24.8 Å². The van der Waals surface area contributed by atoms with Crippen LogP contribution < -0.4 is 0 Å². The van der Waals surface area contributed by atoms with Crippen LogP contribution in [0.15, 0.2) is 61.2 Å². The number of aromatic nitrogens is 3. The third kappa shape index (κ3) is 4.16. The number of hydrogen-bond donors (Lipinski definition) is 0. The summed E-state index contributed by atoms with van der Waals surface area (Å²) in [5, 5.41) is 12.9. The highest BCUT2D eigenvalue weighted by Gasteiger charge is 2.30. The monoisotopic (exact) mass is 354 g/mol. The van der Waals surface area contributed by atoms with Gasteiger partial charge in [0.1, 0.15) is 12.7 Å². The third-order valence-electron chi connectivity index (χ3n) is 3.76. The van der Waals surface area contributed by atoms with Crippen molar-refractivity contribution in [3.63, 3.8) is 0 Å². The number of allylic oxidation sites excluding steroid dienone is 1. The van der Waals surface area contributed by atoms with E-state index in [9.17, 15) is 13.2 Å². The molecule has 2 aromatic carbocycles. The Hall–Kier alpha value is -3.40. The number of benzene rings is 2. The van der Waals surface area contributed by atoms with Crippen molar-refractivity contribution in [2.45, 2.75) is 12.7 Å². The standard InChI is InChI=1S/C19H13F3N4/c20-19(21,22)18-7-5-16(6-8-18)17(11-26-13-24-12-25-26)9-14-1-3-15(10-23)4-2-14/h1-9,12-13H,11H2. The summed E-state index contributed by atoms with van der Waals surface area (Å²) in [5.74, 6) is 0. The summed E-state index contributed by atoms with van der Waals surface area (Å²) in [6, 6.07) is 14.0. The van der Waals surface area contributed by atoms with Gasteiger partial charge in [0.25, 0.3) is 0 Å². The first-order valence-corrected chi connectivity index (χ1v) is 7.66. The molecular weight excluding hydrogens is 341 g/mol. The second-order valence-electron chi connectivity index (χ2n) is 5.57. The molecule has 0 unspecified atom stereocenters. The van der Waals surface area contributed by atoms with Crippen LogP contribution in [-0.4, -0.2) is 14.8 Å². The van der Waals surface area contributed by atoms with E-state index in [0.717, 1.165) is 23.3 Å². The minimum absolute atomic E-state index is 0.353. The van der Waals surface area contributed by atoms with Gasteiger partial charge in [-0.05, 0) is 47.0 Å². The summed E-state index contributed by atoms with van der Waals surface area (Å²) >= 11 is 0. The molecule has 0 bridgehead atoms. The van der Waals surface area contributed by atoms with Crippen molar-refractivity contribution in [1.29, 1.82) is 5.26 Å². The highest BCUT2D eigenvalue weighted by Crippen LogP contribution is 2.30. The van der Waals surface area contributed by atoms with Gasteiger partial charge in [-0.1, -0.05) is 24.3 Å². The lowest BCUT2D eigenvalue weighted by atomic mass is 10.0. The smallest absolute Gasteiger partial charge is 0.249 e. The molecule has 1 heterocycles. The first-order chi connectivity index (χ1) is 12.5. The topological polar surface area (TPSA) is 54.5 Å². The molecule has 0 aliphatic heterocycles. The summed E-state index contributed by atoms with van der Waals surface area (Å²) in [4.78, 5) is 3.88. The van der Waals surface area contributed by atoms with Crippen molar-refractivity contribution in [3.8, 4) is 6.07 Å². The summed E-state index contributed by atoms with van der Waals surface area (Å²) in [6.45, 7) is 0.353. The molecule has 3 aromatic rings. The van der Waals surface area contributed by atoms with E-state index in [0.29, 0.717) is 17.7 Å². The van der Waals surface area contributed by atoms with Gasteiger partial charge in [0.15, 0.2) is 0 Å². The summed E-state index contributed by atoms with van der Waals surface area (Å²) in [5.41, 5.74) is 2.10. The molecule has 26 heavy (non-hydrogen) atoms. The molecule has 0 aliphatic carbocycles. The fraction of sp³-hybridized carbons (Fsp3) is 0.105. The van der Waals surface area contributed by atoms with E-state index in [4.69, 9.17) is 5.26 Å². The number of nitriles is 1. The van der Waals surface area contributed by atoms with Crippen LogP contribution in [0.25, 0.3) is 11.6 Å². The maximum Gasteiger partial charge on any atom is 0.416 e. The predicted molar refractivity (Wildman–Crippen MR) is 90.5 cm³/mol.